The van der Waals surface area contributed by atoms with E-state index in [1.807, 2.05) is 24.3 Å². The van der Waals surface area contributed by atoms with Crippen molar-refractivity contribution >= 4 is 33.4 Å². The van der Waals surface area contributed by atoms with Gasteiger partial charge in [0.05, 0.1) is 0 Å². The Morgan fingerprint density at radius 1 is 1.09 bits per heavy atom. The van der Waals surface area contributed by atoms with Crippen molar-refractivity contribution in [1.29, 1.82) is 0 Å². The molecule has 1 atom stereocenters. The monoisotopic (exact) mass is 294 g/mol. The van der Waals surface area contributed by atoms with E-state index in [1.54, 1.807) is 0 Å². The molecule has 0 bridgehead atoms. The quantitative estimate of drug-likeness (QED) is 0.676. The maximum absolute atomic E-state index is 12.4. The lowest BCUT2D eigenvalue weighted by Gasteiger charge is -2.14. The number of aromatic nitrogens is 1. The molecule has 2 N–H and O–H groups in total. The molecule has 0 aliphatic heterocycles. The average Bonchev–Trinajstić information content (AvgIpc) is 2.90. The Morgan fingerprint density at radius 3 is 2.64 bits per heavy atom. The van der Waals surface area contributed by atoms with Crippen molar-refractivity contribution in [3.05, 3.63) is 42.5 Å². The molecule has 0 saturated heterocycles. The smallest absolute Gasteiger partial charge is 0.227 e. The fourth-order valence-corrected chi connectivity index (χ4v) is 3.04. The van der Waals surface area contributed by atoms with Crippen LogP contribution >= 0.6 is 0 Å². The minimum atomic E-state index is 0.101. The van der Waals surface area contributed by atoms with E-state index >= 15 is 0 Å². The minimum Gasteiger partial charge on any atom is -0.355 e. The number of aromatic amines is 1. The SMILES string of the molecule is CCCC(CC)C(=O)Nc1ccc2[nH]c3ccccc3c2c1. The van der Waals surface area contributed by atoms with Crippen molar-refractivity contribution in [3.8, 4) is 0 Å². The summed E-state index contributed by atoms with van der Waals surface area (Å²) in [5, 5.41) is 5.41. The summed E-state index contributed by atoms with van der Waals surface area (Å²) in [6, 6.07) is 14.3. The number of para-hydroxylation sites is 1. The third kappa shape index (κ3) is 2.71. The first kappa shape index (κ1) is 14.6. The van der Waals surface area contributed by atoms with Crippen LogP contribution in [-0.2, 0) is 4.79 Å². The Balaban J connectivity index is 1.91. The van der Waals surface area contributed by atoms with Crippen LogP contribution in [0.5, 0.6) is 0 Å². The summed E-state index contributed by atoms with van der Waals surface area (Å²) in [5.41, 5.74) is 3.09. The number of fused-ring (bicyclic) bond motifs is 3. The number of benzene rings is 2. The van der Waals surface area contributed by atoms with Crippen LogP contribution in [0, 0.1) is 5.92 Å². The predicted octanol–water partition coefficient (Wildman–Crippen LogP) is 5.09. The lowest BCUT2D eigenvalue weighted by Crippen LogP contribution is -2.22. The van der Waals surface area contributed by atoms with Crippen LogP contribution in [0.25, 0.3) is 21.8 Å². The van der Waals surface area contributed by atoms with Gasteiger partial charge in [-0.2, -0.15) is 0 Å². The zero-order valence-corrected chi connectivity index (χ0v) is 13.1. The van der Waals surface area contributed by atoms with Crippen LogP contribution in [0.15, 0.2) is 42.5 Å². The molecule has 2 aromatic carbocycles. The Morgan fingerprint density at radius 2 is 1.86 bits per heavy atom. The molecule has 1 heterocycles. The number of anilines is 1. The summed E-state index contributed by atoms with van der Waals surface area (Å²) in [6.07, 6.45) is 2.86. The molecular formula is C19H22N2O. The summed E-state index contributed by atoms with van der Waals surface area (Å²) in [7, 11) is 0. The molecule has 0 aliphatic carbocycles. The Kier molecular flexibility index (Phi) is 4.14. The molecule has 0 saturated carbocycles. The number of H-pyrrole nitrogens is 1. The van der Waals surface area contributed by atoms with E-state index in [1.165, 1.54) is 5.39 Å². The van der Waals surface area contributed by atoms with E-state index in [9.17, 15) is 4.79 Å². The van der Waals surface area contributed by atoms with Gasteiger partial charge in [-0.05, 0) is 37.1 Å². The molecule has 3 aromatic rings. The second-order valence-electron chi connectivity index (χ2n) is 5.81. The van der Waals surface area contributed by atoms with Crippen LogP contribution in [0.3, 0.4) is 0 Å². The number of nitrogens with one attached hydrogen (secondary N) is 2. The lowest BCUT2D eigenvalue weighted by atomic mass is 10.00. The van der Waals surface area contributed by atoms with Crippen LogP contribution in [0.2, 0.25) is 0 Å². The molecule has 0 aliphatic rings. The van der Waals surface area contributed by atoms with Gasteiger partial charge < -0.3 is 10.3 Å². The van der Waals surface area contributed by atoms with Crippen molar-refractivity contribution in [3.63, 3.8) is 0 Å². The van der Waals surface area contributed by atoms with Crippen molar-refractivity contribution in [1.82, 2.24) is 4.98 Å². The standard InChI is InChI=1S/C19H22N2O/c1-3-7-13(4-2)19(22)20-14-10-11-18-16(12-14)15-8-5-6-9-17(15)21-18/h5-6,8-13,21H,3-4,7H2,1-2H3,(H,20,22). The highest BCUT2D eigenvalue weighted by atomic mass is 16.1. The fourth-order valence-electron chi connectivity index (χ4n) is 3.04. The maximum Gasteiger partial charge on any atom is 0.227 e. The number of amides is 1. The van der Waals surface area contributed by atoms with Crippen LogP contribution < -0.4 is 5.32 Å². The van der Waals surface area contributed by atoms with Gasteiger partial charge in [0.2, 0.25) is 5.91 Å². The van der Waals surface area contributed by atoms with Gasteiger partial charge >= 0.3 is 0 Å². The molecule has 3 rings (SSSR count). The summed E-state index contributed by atoms with van der Waals surface area (Å²) in [4.78, 5) is 15.8. The van der Waals surface area contributed by atoms with E-state index in [4.69, 9.17) is 0 Å². The highest BCUT2D eigenvalue weighted by Crippen LogP contribution is 2.28. The highest BCUT2D eigenvalue weighted by molar-refractivity contribution is 6.09. The first-order valence-electron chi connectivity index (χ1n) is 8.04. The summed E-state index contributed by atoms with van der Waals surface area (Å²) >= 11 is 0. The molecule has 0 fully saturated rings. The van der Waals surface area contributed by atoms with Gasteiger partial charge in [0.25, 0.3) is 0 Å². The van der Waals surface area contributed by atoms with Crippen molar-refractivity contribution in [2.45, 2.75) is 33.1 Å². The largest absolute Gasteiger partial charge is 0.355 e. The van der Waals surface area contributed by atoms with E-state index in [-0.39, 0.29) is 11.8 Å². The number of hydrogen-bond donors (Lipinski definition) is 2. The minimum absolute atomic E-state index is 0.101. The topological polar surface area (TPSA) is 44.9 Å². The third-order valence-electron chi connectivity index (χ3n) is 4.27. The third-order valence-corrected chi connectivity index (χ3v) is 4.27. The molecule has 3 heteroatoms. The van der Waals surface area contributed by atoms with E-state index in [0.29, 0.717) is 0 Å². The van der Waals surface area contributed by atoms with Gasteiger partial charge in [0.1, 0.15) is 0 Å². The maximum atomic E-state index is 12.4. The van der Waals surface area contributed by atoms with Gasteiger partial charge in [-0.1, -0.05) is 38.5 Å². The van der Waals surface area contributed by atoms with Gasteiger partial charge in [-0.25, -0.2) is 0 Å². The van der Waals surface area contributed by atoms with E-state index < -0.39 is 0 Å². The number of carbonyl (C=O) groups excluding carboxylic acids is 1. The van der Waals surface area contributed by atoms with Crippen LogP contribution in [-0.4, -0.2) is 10.9 Å². The summed E-state index contributed by atoms with van der Waals surface area (Å²) in [5.74, 6) is 0.229. The second kappa shape index (κ2) is 6.22. The average molecular weight is 294 g/mol. The first-order chi connectivity index (χ1) is 10.7. The Labute approximate surface area is 130 Å². The van der Waals surface area contributed by atoms with Crippen molar-refractivity contribution in [2.24, 2.45) is 5.92 Å². The van der Waals surface area contributed by atoms with Gasteiger partial charge in [-0.3, -0.25) is 4.79 Å². The number of rotatable bonds is 5. The van der Waals surface area contributed by atoms with E-state index in [2.05, 4.69) is 42.3 Å². The molecule has 0 spiro atoms. The predicted molar refractivity (Wildman–Crippen MR) is 93.1 cm³/mol. The van der Waals surface area contributed by atoms with Gasteiger partial charge in [-0.15, -0.1) is 0 Å². The Hall–Kier alpha value is -2.29. The lowest BCUT2D eigenvalue weighted by molar-refractivity contribution is -0.120. The Bertz CT molecular complexity index is 803. The van der Waals surface area contributed by atoms with Crippen molar-refractivity contribution in [2.75, 3.05) is 5.32 Å². The molecule has 1 unspecified atom stereocenters. The van der Waals surface area contributed by atoms with Crippen molar-refractivity contribution < 1.29 is 4.79 Å². The van der Waals surface area contributed by atoms with E-state index in [0.717, 1.165) is 41.4 Å². The molecule has 1 aromatic heterocycles. The highest BCUT2D eigenvalue weighted by Gasteiger charge is 2.15. The van der Waals surface area contributed by atoms with Gasteiger partial charge in [0.15, 0.2) is 0 Å². The number of hydrogen-bond acceptors (Lipinski definition) is 1. The second-order valence-corrected chi connectivity index (χ2v) is 5.81. The normalized spacial score (nSPS) is 12.6. The number of carbonyl (C=O) groups is 1. The molecular weight excluding hydrogens is 272 g/mol. The molecule has 0 radical (unpaired) electrons. The first-order valence-corrected chi connectivity index (χ1v) is 8.04. The summed E-state index contributed by atoms with van der Waals surface area (Å²) in [6.45, 7) is 4.19. The zero-order chi connectivity index (χ0) is 15.5. The molecule has 22 heavy (non-hydrogen) atoms. The fraction of sp³-hybridized carbons (Fsp3) is 0.316. The van der Waals surface area contributed by atoms with Crippen LogP contribution in [0.1, 0.15) is 33.1 Å². The summed E-state index contributed by atoms with van der Waals surface area (Å²) < 4.78 is 0. The van der Waals surface area contributed by atoms with Crippen LogP contribution in [0.4, 0.5) is 5.69 Å². The molecule has 3 nitrogen and oxygen atoms in total. The molecule has 1 amide bonds. The molecule has 114 valence electrons. The zero-order valence-electron chi connectivity index (χ0n) is 13.1. The van der Waals surface area contributed by atoms with Gasteiger partial charge in [0, 0.05) is 33.4 Å².